The van der Waals surface area contributed by atoms with Gasteiger partial charge in [-0.2, -0.15) is 5.26 Å². The first-order chi connectivity index (χ1) is 20.2. The van der Waals surface area contributed by atoms with E-state index in [1.165, 1.54) is 24.8 Å². The molecule has 0 radical (unpaired) electrons. The molecule has 8 nitrogen and oxygen atoms in total. The Balaban J connectivity index is 1.52. The molecule has 222 valence electrons. The Hall–Kier alpha value is -3.87. The van der Waals surface area contributed by atoms with Gasteiger partial charge in [0.25, 0.3) is 0 Å². The summed E-state index contributed by atoms with van der Waals surface area (Å²) in [7, 11) is 1.10. The van der Waals surface area contributed by atoms with Gasteiger partial charge in [-0.25, -0.2) is 8.42 Å². The van der Waals surface area contributed by atoms with Crippen LogP contribution in [0.25, 0.3) is 0 Å². The van der Waals surface area contributed by atoms with Crippen molar-refractivity contribution < 1.29 is 22.7 Å². The topological polar surface area (TPSA) is 99.9 Å². The molecule has 1 aliphatic heterocycles. The van der Waals surface area contributed by atoms with Gasteiger partial charge >= 0.3 is 0 Å². The second-order valence-electron chi connectivity index (χ2n) is 10.7. The Labute approximate surface area is 249 Å². The van der Waals surface area contributed by atoms with E-state index in [2.05, 4.69) is 17.0 Å². The SMILES string of the molecule is COc1cccc(C(C#N)(CCCN(C)CCc2ccc(OC)c3c2CCCN3C(C)=O)S(=O)(=O)c2ccccc2)c1. The third-order valence-corrected chi connectivity index (χ3v) is 10.4. The highest BCUT2D eigenvalue weighted by molar-refractivity contribution is 7.92. The van der Waals surface area contributed by atoms with E-state index in [1.807, 2.05) is 13.1 Å². The number of anilines is 1. The number of hydrogen-bond acceptors (Lipinski definition) is 7. The van der Waals surface area contributed by atoms with Crippen molar-refractivity contribution in [1.82, 2.24) is 4.90 Å². The van der Waals surface area contributed by atoms with Crippen molar-refractivity contribution >= 4 is 21.4 Å². The standard InChI is InChI=1S/C33H39N3O5S/c1-25(37)36-21-9-15-30-26(16-17-31(41-4)32(30)36)18-22-35(2)20-10-19-33(24-34,27-11-8-12-28(23-27)40-3)42(38,39)29-13-6-5-7-14-29/h5-8,11-14,16-17,23H,9-10,15,18-22H2,1-4H3. The Morgan fingerprint density at radius 1 is 1.05 bits per heavy atom. The van der Waals surface area contributed by atoms with Gasteiger partial charge in [-0.05, 0) is 92.7 Å². The van der Waals surface area contributed by atoms with Crippen molar-refractivity contribution in [2.24, 2.45) is 0 Å². The van der Waals surface area contributed by atoms with Crippen LogP contribution in [0.1, 0.15) is 42.9 Å². The molecule has 0 aliphatic carbocycles. The molecule has 1 aliphatic rings. The van der Waals surface area contributed by atoms with Crippen LogP contribution in [0.5, 0.6) is 11.5 Å². The summed E-state index contributed by atoms with van der Waals surface area (Å²) in [5.74, 6) is 1.21. The summed E-state index contributed by atoms with van der Waals surface area (Å²) in [5.41, 5.74) is 3.60. The van der Waals surface area contributed by atoms with Crippen LogP contribution in [0, 0.1) is 11.3 Å². The van der Waals surface area contributed by atoms with Gasteiger partial charge in [0.15, 0.2) is 4.75 Å². The molecule has 0 spiro atoms. The Bertz CT molecular complexity index is 1550. The maximum atomic E-state index is 14.0. The summed E-state index contributed by atoms with van der Waals surface area (Å²) in [6, 6.07) is 21.2. The lowest BCUT2D eigenvalue weighted by Crippen LogP contribution is -2.36. The summed E-state index contributed by atoms with van der Waals surface area (Å²) in [6.07, 6.45) is 3.18. The minimum atomic E-state index is -4.05. The highest BCUT2D eigenvalue weighted by atomic mass is 32.2. The number of amides is 1. The predicted octanol–water partition coefficient (Wildman–Crippen LogP) is 5.15. The molecule has 3 aromatic carbocycles. The first-order valence-electron chi connectivity index (χ1n) is 14.2. The zero-order valence-electron chi connectivity index (χ0n) is 24.8. The smallest absolute Gasteiger partial charge is 0.223 e. The maximum Gasteiger partial charge on any atom is 0.223 e. The zero-order valence-corrected chi connectivity index (χ0v) is 25.6. The molecule has 9 heteroatoms. The van der Waals surface area contributed by atoms with Crippen molar-refractivity contribution in [3.63, 3.8) is 0 Å². The predicted molar refractivity (Wildman–Crippen MR) is 164 cm³/mol. The van der Waals surface area contributed by atoms with E-state index in [-0.39, 0.29) is 17.2 Å². The Kier molecular flexibility index (Phi) is 9.92. The van der Waals surface area contributed by atoms with E-state index in [1.54, 1.807) is 61.4 Å². The van der Waals surface area contributed by atoms with E-state index in [9.17, 15) is 18.5 Å². The summed E-state index contributed by atoms with van der Waals surface area (Å²) < 4.78 is 37.2. The van der Waals surface area contributed by atoms with Crippen LogP contribution in [0.4, 0.5) is 5.69 Å². The van der Waals surface area contributed by atoms with Crippen LogP contribution in [0.15, 0.2) is 71.6 Å². The van der Waals surface area contributed by atoms with E-state index < -0.39 is 14.6 Å². The van der Waals surface area contributed by atoms with Gasteiger partial charge in [0.2, 0.25) is 15.7 Å². The van der Waals surface area contributed by atoms with Crippen molar-refractivity contribution in [3.05, 3.63) is 83.4 Å². The number of benzene rings is 3. The van der Waals surface area contributed by atoms with E-state index in [4.69, 9.17) is 9.47 Å². The first kappa shape index (κ1) is 31.1. The van der Waals surface area contributed by atoms with Crippen LogP contribution in [-0.4, -0.2) is 60.1 Å². The quantitative estimate of drug-likeness (QED) is 0.288. The normalized spacial score (nSPS) is 14.5. The number of nitriles is 1. The van der Waals surface area contributed by atoms with Crippen molar-refractivity contribution in [3.8, 4) is 17.6 Å². The molecule has 3 aromatic rings. The number of rotatable bonds is 12. The van der Waals surface area contributed by atoms with E-state index >= 15 is 0 Å². The average molecular weight is 590 g/mol. The fourth-order valence-electron chi connectivity index (χ4n) is 5.78. The third kappa shape index (κ3) is 6.15. The maximum absolute atomic E-state index is 14.0. The van der Waals surface area contributed by atoms with Crippen LogP contribution < -0.4 is 14.4 Å². The molecule has 1 heterocycles. The van der Waals surface area contributed by atoms with Gasteiger partial charge in [0.1, 0.15) is 11.5 Å². The van der Waals surface area contributed by atoms with Crippen molar-refractivity contribution in [2.45, 2.75) is 48.7 Å². The largest absolute Gasteiger partial charge is 0.497 e. The molecule has 0 N–H and O–H groups in total. The number of ether oxygens (including phenoxy) is 2. The number of sulfone groups is 1. The summed E-state index contributed by atoms with van der Waals surface area (Å²) in [4.78, 5) is 16.4. The minimum Gasteiger partial charge on any atom is -0.497 e. The molecular weight excluding hydrogens is 550 g/mol. The molecule has 1 unspecified atom stereocenters. The molecular formula is C33H39N3O5S. The summed E-state index contributed by atoms with van der Waals surface area (Å²) in [5, 5.41) is 10.5. The number of carbonyl (C=O) groups excluding carboxylic acids is 1. The van der Waals surface area contributed by atoms with Crippen LogP contribution in [0.3, 0.4) is 0 Å². The summed E-state index contributed by atoms with van der Waals surface area (Å²) >= 11 is 0. The molecule has 0 aromatic heterocycles. The zero-order chi connectivity index (χ0) is 30.3. The summed E-state index contributed by atoms with van der Waals surface area (Å²) in [6.45, 7) is 3.61. The highest BCUT2D eigenvalue weighted by Gasteiger charge is 2.46. The molecule has 1 amide bonds. The molecule has 0 saturated heterocycles. The Morgan fingerprint density at radius 2 is 1.81 bits per heavy atom. The number of methoxy groups -OCH3 is 2. The van der Waals surface area contributed by atoms with Gasteiger partial charge in [-0.1, -0.05) is 36.4 Å². The van der Waals surface area contributed by atoms with Gasteiger partial charge in [-0.3, -0.25) is 4.79 Å². The second-order valence-corrected chi connectivity index (χ2v) is 12.8. The van der Waals surface area contributed by atoms with E-state index in [0.717, 1.165) is 37.1 Å². The monoisotopic (exact) mass is 589 g/mol. The highest BCUT2D eigenvalue weighted by Crippen LogP contribution is 2.41. The van der Waals surface area contributed by atoms with Crippen LogP contribution in [0.2, 0.25) is 0 Å². The van der Waals surface area contributed by atoms with Crippen LogP contribution >= 0.6 is 0 Å². The lowest BCUT2D eigenvalue weighted by atomic mass is 9.93. The second kappa shape index (κ2) is 13.4. The number of hydrogen-bond donors (Lipinski definition) is 0. The van der Waals surface area contributed by atoms with Gasteiger partial charge < -0.3 is 19.3 Å². The van der Waals surface area contributed by atoms with Gasteiger partial charge in [0, 0.05) is 20.0 Å². The van der Waals surface area contributed by atoms with Gasteiger partial charge in [-0.15, -0.1) is 0 Å². The Morgan fingerprint density at radius 3 is 2.48 bits per heavy atom. The van der Waals surface area contributed by atoms with E-state index in [0.29, 0.717) is 36.6 Å². The number of nitrogens with zero attached hydrogens (tertiary/aromatic N) is 3. The molecule has 0 bridgehead atoms. The average Bonchev–Trinajstić information content (AvgIpc) is 3.01. The lowest BCUT2D eigenvalue weighted by molar-refractivity contribution is -0.116. The fraction of sp³-hybridized carbons (Fsp3) is 0.394. The molecule has 1 atom stereocenters. The first-order valence-corrected chi connectivity index (χ1v) is 15.7. The van der Waals surface area contributed by atoms with Crippen molar-refractivity contribution in [2.75, 3.05) is 45.8 Å². The molecule has 0 fully saturated rings. The molecule has 0 saturated carbocycles. The number of likely N-dealkylation sites (N-methyl/N-ethyl adjacent to an activating group) is 1. The van der Waals surface area contributed by atoms with Crippen molar-refractivity contribution in [1.29, 1.82) is 5.26 Å². The minimum absolute atomic E-state index is 0.00554. The third-order valence-electron chi connectivity index (χ3n) is 8.08. The lowest BCUT2D eigenvalue weighted by Gasteiger charge is -2.32. The molecule has 42 heavy (non-hydrogen) atoms. The number of fused-ring (bicyclic) bond motifs is 1. The fourth-order valence-corrected chi connectivity index (χ4v) is 7.67. The number of carbonyl (C=O) groups is 1. The molecule has 4 rings (SSSR count). The van der Waals surface area contributed by atoms with Crippen LogP contribution in [-0.2, 0) is 32.2 Å². The van der Waals surface area contributed by atoms with Gasteiger partial charge in [0.05, 0.1) is 30.9 Å².